The molecule has 0 radical (unpaired) electrons. The molecule has 65 heavy (non-hydrogen) atoms. The summed E-state index contributed by atoms with van der Waals surface area (Å²) in [6.07, 6.45) is 1.67. The van der Waals surface area contributed by atoms with Crippen molar-refractivity contribution in [1.82, 2.24) is 26.2 Å². The maximum Gasteiger partial charge on any atom is 0.339 e. The zero-order valence-electron chi connectivity index (χ0n) is 36.7. The van der Waals surface area contributed by atoms with Crippen LogP contribution in [0, 0.1) is 29.2 Å². The predicted octanol–water partition coefficient (Wildman–Crippen LogP) is 2.73. The van der Waals surface area contributed by atoms with Crippen LogP contribution in [0.5, 0.6) is 11.5 Å². The Hall–Kier alpha value is -6.32. The summed E-state index contributed by atoms with van der Waals surface area (Å²) < 4.78 is 74.8. The van der Waals surface area contributed by atoms with Gasteiger partial charge in [0, 0.05) is 19.0 Å². The molecule has 0 bridgehead atoms. The summed E-state index contributed by atoms with van der Waals surface area (Å²) in [6.45, 7) is 5.73. The van der Waals surface area contributed by atoms with E-state index in [0.29, 0.717) is 25.7 Å². The van der Waals surface area contributed by atoms with Crippen molar-refractivity contribution in [3.8, 4) is 11.5 Å². The fraction of sp³-hybridized carbons (Fsp3) is 0.535. The largest absolute Gasteiger partial charge is 0.497 e. The molecule has 18 nitrogen and oxygen atoms in total. The van der Waals surface area contributed by atoms with Gasteiger partial charge < -0.3 is 51.2 Å². The summed E-state index contributed by atoms with van der Waals surface area (Å²) in [6, 6.07) is -1.58. The molecule has 1 saturated carbocycles. The number of likely N-dealkylation sites (tertiary alicyclic amines) is 1. The third-order valence-electron chi connectivity index (χ3n) is 10.9. The number of nitrogens with one attached hydrogen (secondary N) is 4. The third kappa shape index (κ3) is 12.7. The minimum Gasteiger partial charge on any atom is -0.497 e. The van der Waals surface area contributed by atoms with Gasteiger partial charge in [0.05, 0.1) is 44.1 Å². The van der Waals surface area contributed by atoms with Crippen LogP contribution in [0.15, 0.2) is 18.2 Å². The summed E-state index contributed by atoms with van der Waals surface area (Å²) >= 11 is 0. The van der Waals surface area contributed by atoms with Crippen molar-refractivity contribution in [2.45, 2.75) is 115 Å². The molecule has 2 aliphatic rings. The van der Waals surface area contributed by atoms with Gasteiger partial charge in [0.2, 0.25) is 29.4 Å². The molecule has 6 amide bonds. The second kappa shape index (κ2) is 22.0. The third-order valence-corrected chi connectivity index (χ3v) is 10.9. The number of amides is 6. The van der Waals surface area contributed by atoms with Gasteiger partial charge in [-0.05, 0) is 63.6 Å². The first kappa shape index (κ1) is 51.3. The Morgan fingerprint density at radius 1 is 0.846 bits per heavy atom. The van der Waals surface area contributed by atoms with E-state index < -0.39 is 130 Å². The second-order valence-corrected chi connectivity index (χ2v) is 16.7. The van der Waals surface area contributed by atoms with Crippen LogP contribution in [-0.4, -0.2) is 114 Å². The fourth-order valence-corrected chi connectivity index (χ4v) is 7.92. The van der Waals surface area contributed by atoms with Crippen molar-refractivity contribution >= 4 is 47.2 Å². The molecule has 0 aromatic heterocycles. The topological polar surface area (TPSA) is 262 Å². The highest BCUT2D eigenvalue weighted by atomic mass is 19.2. The van der Waals surface area contributed by atoms with Gasteiger partial charge >= 0.3 is 5.97 Å². The van der Waals surface area contributed by atoms with Crippen LogP contribution in [-0.2, 0) is 33.5 Å². The van der Waals surface area contributed by atoms with Gasteiger partial charge in [0.25, 0.3) is 11.8 Å². The number of primary amides is 1. The number of Topliss-reactive ketones (excluding diaryl/α,β-unsaturated/α-hetero) is 1. The van der Waals surface area contributed by atoms with Crippen molar-refractivity contribution in [2.24, 2.45) is 11.7 Å². The Labute approximate surface area is 371 Å². The maximum absolute atomic E-state index is 15.1. The van der Waals surface area contributed by atoms with Crippen LogP contribution in [0.1, 0.15) is 111 Å². The lowest BCUT2D eigenvalue weighted by Gasteiger charge is -2.35. The monoisotopic (exact) mass is 922 g/mol. The van der Waals surface area contributed by atoms with Gasteiger partial charge in [-0.25, -0.2) is 22.4 Å². The van der Waals surface area contributed by atoms with Crippen molar-refractivity contribution in [3.05, 3.63) is 58.2 Å². The number of hydrogen-bond acceptors (Lipinski definition) is 11. The number of ketones is 1. The Morgan fingerprint density at radius 3 is 1.95 bits per heavy atom. The number of carbonyl (C=O) groups is 8. The molecule has 1 aliphatic heterocycles. The van der Waals surface area contributed by atoms with Crippen LogP contribution >= 0.6 is 0 Å². The molecule has 2 unspecified atom stereocenters. The highest BCUT2D eigenvalue weighted by molar-refractivity contribution is 6.38. The molecule has 22 heteroatoms. The summed E-state index contributed by atoms with van der Waals surface area (Å²) in [4.78, 5) is 107. The molecular weight excluding hydrogens is 868 g/mol. The van der Waals surface area contributed by atoms with Gasteiger partial charge in [-0.1, -0.05) is 32.6 Å². The summed E-state index contributed by atoms with van der Waals surface area (Å²) in [5.41, 5.74) is 1.43. The lowest BCUT2D eigenvalue weighted by atomic mass is 9.83. The number of hydrogen-bond donors (Lipinski definition) is 6. The number of carboxylic acid groups (broad SMARTS) is 1. The second-order valence-electron chi connectivity index (χ2n) is 16.7. The number of carboxylic acids is 1. The molecule has 1 heterocycles. The molecule has 4 rings (SSSR count). The Bertz CT molecular complexity index is 2160. The van der Waals surface area contributed by atoms with E-state index >= 15 is 4.39 Å². The fourth-order valence-electron chi connectivity index (χ4n) is 7.92. The summed E-state index contributed by atoms with van der Waals surface area (Å²) in [5.74, 6) is -19.9. The molecule has 1 aliphatic carbocycles. The molecular formula is C43H54F4N6O12. The van der Waals surface area contributed by atoms with Crippen molar-refractivity contribution in [1.29, 1.82) is 0 Å². The van der Waals surface area contributed by atoms with Gasteiger partial charge in [-0.2, -0.15) is 0 Å². The number of carbonyl (C=O) groups excluding carboxylic acids is 7. The number of halogens is 4. The highest BCUT2D eigenvalue weighted by Crippen LogP contribution is 2.33. The van der Waals surface area contributed by atoms with Gasteiger partial charge in [-0.15, -0.1) is 0 Å². The average molecular weight is 923 g/mol. The average Bonchev–Trinajstić information content (AvgIpc) is 3.68. The zero-order valence-corrected chi connectivity index (χ0v) is 36.7. The van der Waals surface area contributed by atoms with Crippen LogP contribution in [0.3, 0.4) is 0 Å². The normalized spacial score (nSPS) is 17.8. The Balaban J connectivity index is 1.57. The summed E-state index contributed by atoms with van der Waals surface area (Å²) in [7, 11) is 2.74. The van der Waals surface area contributed by atoms with E-state index in [1.54, 1.807) is 27.7 Å². The van der Waals surface area contributed by atoms with Crippen LogP contribution in [0.4, 0.5) is 17.6 Å². The van der Waals surface area contributed by atoms with Gasteiger partial charge in [0.15, 0.2) is 23.3 Å². The van der Waals surface area contributed by atoms with Crippen LogP contribution < -0.4 is 36.5 Å². The number of aromatic carboxylic acids is 1. The molecule has 2 fully saturated rings. The van der Waals surface area contributed by atoms with Crippen LogP contribution in [0.2, 0.25) is 0 Å². The molecule has 0 spiro atoms. The predicted molar refractivity (Wildman–Crippen MR) is 220 cm³/mol. The molecule has 5 atom stereocenters. The lowest BCUT2D eigenvalue weighted by molar-refractivity contribution is -0.143. The quantitative estimate of drug-likeness (QED) is 0.0515. The van der Waals surface area contributed by atoms with Crippen molar-refractivity contribution < 1.29 is 75.2 Å². The number of methoxy groups -OCH3 is 2. The van der Waals surface area contributed by atoms with Crippen molar-refractivity contribution in [3.63, 3.8) is 0 Å². The minimum atomic E-state index is -2.46. The van der Waals surface area contributed by atoms with E-state index in [-0.39, 0.29) is 42.9 Å². The van der Waals surface area contributed by atoms with Gasteiger partial charge in [0.1, 0.15) is 35.2 Å². The molecule has 7 N–H and O–H groups in total. The minimum absolute atomic E-state index is 0.0861. The van der Waals surface area contributed by atoms with E-state index in [1.165, 1.54) is 32.4 Å². The zero-order chi connectivity index (χ0) is 48.5. The molecule has 2 aromatic carbocycles. The number of ether oxygens (including phenoxy) is 3. The number of nitrogens with zero attached hydrogens (tertiary/aromatic N) is 1. The molecule has 1 saturated heterocycles. The maximum atomic E-state index is 15.1. The smallest absolute Gasteiger partial charge is 0.339 e. The van der Waals surface area contributed by atoms with E-state index in [9.17, 15) is 56.6 Å². The van der Waals surface area contributed by atoms with Gasteiger partial charge in [-0.3, -0.25) is 33.6 Å². The van der Waals surface area contributed by atoms with E-state index in [1.807, 2.05) is 0 Å². The SMILES string of the molecule is CCCC(NC(=O)[C@@H]1C[C@@H](OC(C)(C)C)CN1C(=O)[C@@H](NC(=O)c1c(F)c(F)c(F)c(F)c1C(=O)O)C1CCCCC1)C(=O)C(=O)NCC(=O)NC(C(N)=O)c1cc(OC)cc(OC)c1. The Morgan fingerprint density at radius 2 is 1.43 bits per heavy atom. The highest BCUT2D eigenvalue weighted by Gasteiger charge is 2.47. The van der Waals surface area contributed by atoms with E-state index in [2.05, 4.69) is 21.3 Å². The van der Waals surface area contributed by atoms with Crippen molar-refractivity contribution in [2.75, 3.05) is 27.3 Å². The number of nitrogens with two attached hydrogens (primary N) is 1. The number of rotatable bonds is 19. The molecule has 356 valence electrons. The van der Waals surface area contributed by atoms with E-state index in [0.717, 1.165) is 11.3 Å². The van der Waals surface area contributed by atoms with E-state index in [4.69, 9.17) is 19.9 Å². The lowest BCUT2D eigenvalue weighted by Crippen LogP contribution is -2.58. The first-order valence-electron chi connectivity index (χ1n) is 20.9. The first-order chi connectivity index (χ1) is 30.5. The summed E-state index contributed by atoms with van der Waals surface area (Å²) in [5, 5.41) is 18.8. The first-order valence-corrected chi connectivity index (χ1v) is 20.9. The molecule has 2 aromatic rings. The standard InChI is InChI=1S/C43H54F4N6O12/c1-7-11-25(36(55)40(59)49-18-27(54)51-34(37(48)56)21-14-22(63-5)16-23(15-21)64-6)50-38(57)26-17-24(65-43(2,3)4)19-53(26)41(60)35(20-12-9-8-10-13-20)52-39(58)28-29(42(61)62)31(45)33(47)32(46)30(28)44/h14-16,20,24-26,34-35H,7-13,17-19H2,1-6H3,(H2,48,56)(H,49,59)(H,50,57)(H,51,54)(H,52,58)(H,61,62)/t24-,25?,26+,34?,35+/m1/s1. The van der Waals surface area contributed by atoms with Crippen LogP contribution in [0.25, 0.3) is 0 Å². The Kier molecular flexibility index (Phi) is 17.4. The number of benzene rings is 2.